The van der Waals surface area contributed by atoms with Gasteiger partial charge >= 0.3 is 6.18 Å². The predicted molar refractivity (Wildman–Crippen MR) is 124 cm³/mol. The number of alkyl halides is 3. The molecule has 0 atom stereocenters. The number of rotatable bonds is 5. The molecule has 1 amide bonds. The maximum atomic E-state index is 13.1. The topological polar surface area (TPSA) is 88.3 Å². The van der Waals surface area contributed by atoms with E-state index in [4.69, 9.17) is 0 Å². The molecular formula is C25H27F3N4O3. The van der Waals surface area contributed by atoms with E-state index in [0.29, 0.717) is 16.8 Å². The van der Waals surface area contributed by atoms with E-state index in [9.17, 15) is 27.9 Å². The van der Waals surface area contributed by atoms with Crippen LogP contribution < -0.4 is 4.90 Å². The molecule has 1 aliphatic rings. The van der Waals surface area contributed by atoms with Crippen LogP contribution in [0.4, 0.5) is 18.9 Å². The standard InChI is InChI=1S/C25H27F3N4O3/c1-24(2,35)18-12-20-16(13-32(30-20)17-9-7-15(14-33)8-10-17)11-21(18)31(3)23(34)19-5-4-6-22(29-19)25(26,27)28/h4-6,11-15,17,35H,7-10H2,1-3H3. The molecular weight excluding hydrogens is 461 g/mol. The lowest BCUT2D eigenvalue weighted by Crippen LogP contribution is -2.31. The van der Waals surface area contributed by atoms with E-state index in [-0.39, 0.29) is 17.7 Å². The minimum Gasteiger partial charge on any atom is -0.386 e. The molecule has 10 heteroatoms. The first-order valence-corrected chi connectivity index (χ1v) is 11.4. The number of amides is 1. The summed E-state index contributed by atoms with van der Waals surface area (Å²) >= 11 is 0. The second-order valence-electron chi connectivity index (χ2n) is 9.57. The van der Waals surface area contributed by atoms with Gasteiger partial charge in [-0.05, 0) is 63.8 Å². The highest BCUT2D eigenvalue weighted by molar-refractivity contribution is 6.06. The summed E-state index contributed by atoms with van der Waals surface area (Å²) in [6.07, 6.45) is 1.43. The van der Waals surface area contributed by atoms with E-state index < -0.39 is 23.4 Å². The minimum atomic E-state index is -4.68. The molecule has 0 bridgehead atoms. The summed E-state index contributed by atoms with van der Waals surface area (Å²) in [7, 11) is 1.44. The van der Waals surface area contributed by atoms with Crippen LogP contribution in [0.5, 0.6) is 0 Å². The van der Waals surface area contributed by atoms with Crippen molar-refractivity contribution >= 4 is 28.8 Å². The Morgan fingerprint density at radius 3 is 2.46 bits per heavy atom. The molecule has 0 unspecified atom stereocenters. The third-order valence-corrected chi connectivity index (χ3v) is 6.53. The normalized spacial score (nSPS) is 19.1. The summed E-state index contributed by atoms with van der Waals surface area (Å²) in [5.74, 6) is -0.658. The molecule has 1 aliphatic carbocycles. The average molecular weight is 489 g/mol. The van der Waals surface area contributed by atoms with E-state index >= 15 is 0 Å². The van der Waals surface area contributed by atoms with Gasteiger partial charge in [-0.15, -0.1) is 0 Å². The highest BCUT2D eigenvalue weighted by Crippen LogP contribution is 2.37. The number of aromatic nitrogens is 3. The van der Waals surface area contributed by atoms with Crippen LogP contribution in [0.15, 0.2) is 36.5 Å². The van der Waals surface area contributed by atoms with Gasteiger partial charge < -0.3 is 14.8 Å². The SMILES string of the molecule is CN(C(=O)c1cccc(C(F)(F)F)n1)c1cc2cn(C3CCC(C=O)CC3)nc2cc1C(C)(C)O. The van der Waals surface area contributed by atoms with Gasteiger partial charge in [-0.25, -0.2) is 4.98 Å². The van der Waals surface area contributed by atoms with Gasteiger partial charge in [0.05, 0.1) is 22.8 Å². The number of hydrogen-bond acceptors (Lipinski definition) is 5. The first-order chi connectivity index (χ1) is 16.4. The Labute approximate surface area is 200 Å². The fourth-order valence-corrected chi connectivity index (χ4v) is 4.53. The third-order valence-electron chi connectivity index (χ3n) is 6.53. The van der Waals surface area contributed by atoms with E-state index in [1.54, 1.807) is 26.0 Å². The molecule has 3 aromatic rings. The summed E-state index contributed by atoms with van der Waals surface area (Å²) in [4.78, 5) is 28.9. The van der Waals surface area contributed by atoms with E-state index in [0.717, 1.165) is 49.5 Å². The maximum Gasteiger partial charge on any atom is 0.433 e. The largest absolute Gasteiger partial charge is 0.433 e. The lowest BCUT2D eigenvalue weighted by molar-refractivity contribution is -0.141. The Morgan fingerprint density at radius 1 is 1.17 bits per heavy atom. The molecule has 0 spiro atoms. The van der Waals surface area contributed by atoms with Crippen LogP contribution in [0.3, 0.4) is 0 Å². The van der Waals surface area contributed by atoms with Crippen LogP contribution in [-0.2, 0) is 16.6 Å². The van der Waals surface area contributed by atoms with Crippen LogP contribution in [0, 0.1) is 5.92 Å². The minimum absolute atomic E-state index is 0.0775. The molecule has 2 aromatic heterocycles. The zero-order valence-corrected chi connectivity index (χ0v) is 19.7. The summed E-state index contributed by atoms with van der Waals surface area (Å²) in [5.41, 5.74) is -1.49. The second kappa shape index (κ2) is 9.07. The number of pyridine rings is 1. The smallest absolute Gasteiger partial charge is 0.386 e. The van der Waals surface area contributed by atoms with Crippen molar-refractivity contribution in [3.05, 3.63) is 53.5 Å². The molecule has 0 saturated heterocycles. The van der Waals surface area contributed by atoms with Crippen molar-refractivity contribution < 1.29 is 27.9 Å². The van der Waals surface area contributed by atoms with Crippen LogP contribution in [0.25, 0.3) is 10.9 Å². The van der Waals surface area contributed by atoms with Gasteiger partial charge in [-0.2, -0.15) is 18.3 Å². The van der Waals surface area contributed by atoms with Crippen molar-refractivity contribution in [3.63, 3.8) is 0 Å². The Balaban J connectivity index is 1.72. The summed E-state index contributed by atoms with van der Waals surface area (Å²) < 4.78 is 41.2. The number of carbonyl (C=O) groups is 2. The highest BCUT2D eigenvalue weighted by atomic mass is 19.4. The van der Waals surface area contributed by atoms with Crippen LogP contribution >= 0.6 is 0 Å². The molecule has 1 aromatic carbocycles. The molecule has 186 valence electrons. The number of hydrogen-bond donors (Lipinski definition) is 1. The fourth-order valence-electron chi connectivity index (χ4n) is 4.53. The molecule has 1 N–H and O–H groups in total. The first-order valence-electron chi connectivity index (χ1n) is 11.4. The molecule has 1 fully saturated rings. The average Bonchev–Trinajstić information content (AvgIpc) is 3.24. The highest BCUT2D eigenvalue weighted by Gasteiger charge is 2.34. The van der Waals surface area contributed by atoms with Gasteiger partial charge in [-0.1, -0.05) is 6.07 Å². The van der Waals surface area contributed by atoms with E-state index in [2.05, 4.69) is 10.1 Å². The number of fused-ring (bicyclic) bond motifs is 1. The molecule has 0 radical (unpaired) electrons. The Bertz CT molecular complexity index is 1260. The number of halogens is 3. The number of benzene rings is 1. The van der Waals surface area contributed by atoms with Crippen molar-refractivity contribution in [3.8, 4) is 0 Å². The number of aldehydes is 1. The number of carbonyl (C=O) groups excluding carboxylic acids is 2. The van der Waals surface area contributed by atoms with Gasteiger partial charge in [0.15, 0.2) is 0 Å². The monoisotopic (exact) mass is 488 g/mol. The molecule has 7 nitrogen and oxygen atoms in total. The zero-order valence-electron chi connectivity index (χ0n) is 19.7. The van der Waals surface area contributed by atoms with Gasteiger partial charge in [0, 0.05) is 30.1 Å². The Morgan fingerprint density at radius 2 is 1.86 bits per heavy atom. The lowest BCUT2D eigenvalue weighted by atomic mass is 9.87. The van der Waals surface area contributed by atoms with Crippen LogP contribution in [0.2, 0.25) is 0 Å². The molecule has 35 heavy (non-hydrogen) atoms. The predicted octanol–water partition coefficient (Wildman–Crippen LogP) is 4.88. The van der Waals surface area contributed by atoms with Gasteiger partial charge in [-0.3, -0.25) is 9.48 Å². The van der Waals surface area contributed by atoms with Crippen molar-refractivity contribution in [1.29, 1.82) is 0 Å². The van der Waals surface area contributed by atoms with Gasteiger partial charge in [0.2, 0.25) is 0 Å². The number of nitrogens with zero attached hydrogens (tertiary/aromatic N) is 4. The summed E-state index contributed by atoms with van der Waals surface area (Å²) in [5, 5.41) is 16.2. The van der Waals surface area contributed by atoms with Crippen LogP contribution in [-0.4, -0.2) is 39.1 Å². The number of anilines is 1. The second-order valence-corrected chi connectivity index (χ2v) is 9.57. The molecule has 2 heterocycles. The molecule has 4 rings (SSSR count). The van der Waals surface area contributed by atoms with Crippen molar-refractivity contribution in [2.45, 2.75) is 57.3 Å². The van der Waals surface area contributed by atoms with Gasteiger partial charge in [0.25, 0.3) is 5.91 Å². The first kappa shape index (κ1) is 24.8. The van der Waals surface area contributed by atoms with Crippen LogP contribution in [0.1, 0.15) is 67.3 Å². The summed E-state index contributed by atoms with van der Waals surface area (Å²) in [6.45, 7) is 3.13. The fraction of sp³-hybridized carbons (Fsp3) is 0.440. The van der Waals surface area contributed by atoms with Crippen molar-refractivity contribution in [2.75, 3.05) is 11.9 Å². The Hall–Kier alpha value is -3.27. The summed E-state index contributed by atoms with van der Waals surface area (Å²) in [6, 6.07) is 6.71. The van der Waals surface area contributed by atoms with Crippen molar-refractivity contribution in [2.24, 2.45) is 5.92 Å². The van der Waals surface area contributed by atoms with E-state index in [1.165, 1.54) is 18.0 Å². The molecule has 0 aliphatic heterocycles. The lowest BCUT2D eigenvalue weighted by Gasteiger charge is -2.27. The van der Waals surface area contributed by atoms with E-state index in [1.807, 2.05) is 10.9 Å². The maximum absolute atomic E-state index is 13.1. The zero-order chi connectivity index (χ0) is 25.5. The Kier molecular flexibility index (Phi) is 6.44. The van der Waals surface area contributed by atoms with Crippen molar-refractivity contribution in [1.82, 2.24) is 14.8 Å². The van der Waals surface area contributed by atoms with Gasteiger partial charge in [0.1, 0.15) is 17.7 Å². The number of aliphatic hydroxyl groups is 1. The molecule has 1 saturated carbocycles. The third kappa shape index (κ3) is 5.07. The quantitative estimate of drug-likeness (QED) is 0.517.